The zero-order chi connectivity index (χ0) is 14.0. The van der Waals surface area contributed by atoms with Crippen molar-refractivity contribution in [2.24, 2.45) is 0 Å². The third-order valence-electron chi connectivity index (χ3n) is 2.35. The lowest BCUT2D eigenvalue weighted by Crippen LogP contribution is -2.08. The summed E-state index contributed by atoms with van der Waals surface area (Å²) in [7, 11) is -3.69. The largest absolute Gasteiger partial charge is 0.478 e. The maximum Gasteiger partial charge on any atom is 0.341 e. The number of halogens is 1. The van der Waals surface area contributed by atoms with Gasteiger partial charge in [0.05, 0.1) is 11.1 Å². The number of aromatic carboxylic acids is 1. The third kappa shape index (κ3) is 3.02. The van der Waals surface area contributed by atoms with E-state index in [2.05, 4.69) is 21.1 Å². The van der Waals surface area contributed by atoms with Gasteiger partial charge in [-0.2, -0.15) is 0 Å². The summed E-state index contributed by atoms with van der Waals surface area (Å²) in [5, 5.41) is 12.2. The summed E-state index contributed by atoms with van der Waals surface area (Å²) in [6, 6.07) is 6.13. The summed E-state index contributed by atoms with van der Waals surface area (Å²) in [5.74, 6) is -2.02. The van der Waals surface area contributed by atoms with Gasteiger partial charge in [0, 0.05) is 4.47 Å². The normalized spacial score (nSPS) is 11.4. The summed E-state index contributed by atoms with van der Waals surface area (Å²) < 4.78 is 29.6. The predicted molar refractivity (Wildman–Crippen MR) is 68.5 cm³/mol. The number of carbonyl (C=O) groups is 1. The van der Waals surface area contributed by atoms with Gasteiger partial charge in [0.25, 0.3) is 0 Å². The molecule has 0 spiro atoms. The molecular weight excluding hydrogens is 338 g/mol. The molecule has 1 heterocycles. The second-order valence-corrected chi connectivity index (χ2v) is 6.59. The monoisotopic (exact) mass is 345 g/mol. The van der Waals surface area contributed by atoms with E-state index in [1.165, 1.54) is 12.1 Å². The summed E-state index contributed by atoms with van der Waals surface area (Å²) in [6.07, 6.45) is 0.980. The van der Waals surface area contributed by atoms with Crippen molar-refractivity contribution >= 4 is 31.7 Å². The van der Waals surface area contributed by atoms with Crippen LogP contribution in [0.5, 0.6) is 0 Å². The van der Waals surface area contributed by atoms with E-state index in [-0.39, 0.29) is 16.2 Å². The molecule has 19 heavy (non-hydrogen) atoms. The van der Waals surface area contributed by atoms with E-state index in [1.807, 2.05) is 0 Å². The van der Waals surface area contributed by atoms with Crippen LogP contribution in [-0.4, -0.2) is 24.7 Å². The molecule has 100 valence electrons. The highest BCUT2D eigenvalue weighted by Crippen LogP contribution is 2.21. The van der Waals surface area contributed by atoms with Crippen LogP contribution in [0.2, 0.25) is 0 Å². The number of nitrogens with zero attached hydrogens (tertiary/aromatic N) is 1. The van der Waals surface area contributed by atoms with Crippen LogP contribution in [-0.2, 0) is 15.6 Å². The quantitative estimate of drug-likeness (QED) is 0.911. The van der Waals surface area contributed by atoms with Gasteiger partial charge in [0.15, 0.2) is 15.6 Å². The van der Waals surface area contributed by atoms with Gasteiger partial charge in [0.2, 0.25) is 0 Å². The Morgan fingerprint density at radius 1 is 1.42 bits per heavy atom. The Hall–Kier alpha value is -1.67. The molecule has 2 rings (SSSR count). The zero-order valence-electron chi connectivity index (χ0n) is 9.41. The van der Waals surface area contributed by atoms with Gasteiger partial charge in [-0.15, -0.1) is 0 Å². The Balaban J connectivity index is 2.37. The molecule has 0 radical (unpaired) electrons. The summed E-state index contributed by atoms with van der Waals surface area (Å²) in [5.41, 5.74) is -0.251. The van der Waals surface area contributed by atoms with Crippen molar-refractivity contribution in [1.29, 1.82) is 0 Å². The van der Waals surface area contributed by atoms with Gasteiger partial charge in [-0.1, -0.05) is 27.2 Å². The molecule has 0 aliphatic carbocycles. The Morgan fingerprint density at radius 3 is 2.79 bits per heavy atom. The molecule has 1 N–H and O–H groups in total. The smallest absolute Gasteiger partial charge is 0.341 e. The molecule has 0 aliphatic heterocycles. The van der Waals surface area contributed by atoms with Crippen LogP contribution in [0.1, 0.15) is 16.1 Å². The van der Waals surface area contributed by atoms with Gasteiger partial charge in [-0.05, 0) is 18.2 Å². The van der Waals surface area contributed by atoms with E-state index in [0.29, 0.717) is 4.47 Å². The molecule has 0 amide bonds. The minimum atomic E-state index is -3.69. The second-order valence-electron chi connectivity index (χ2n) is 3.68. The van der Waals surface area contributed by atoms with Crippen LogP contribution in [0.15, 0.2) is 44.4 Å². The second kappa shape index (κ2) is 5.14. The molecule has 2 aromatic rings. The first kappa shape index (κ1) is 13.8. The van der Waals surface area contributed by atoms with Gasteiger partial charge in [-0.3, -0.25) is 0 Å². The topological polar surface area (TPSA) is 97.5 Å². The van der Waals surface area contributed by atoms with Crippen molar-refractivity contribution in [2.75, 3.05) is 0 Å². The molecule has 1 aromatic carbocycles. The van der Waals surface area contributed by atoms with E-state index in [1.54, 1.807) is 12.1 Å². The predicted octanol–water partition coefficient (Wildman–Crippen LogP) is 2.11. The number of carboxylic acids is 1. The highest BCUT2D eigenvalue weighted by Gasteiger charge is 2.23. The van der Waals surface area contributed by atoms with Gasteiger partial charge < -0.3 is 9.63 Å². The standard InChI is InChI=1S/C11H8BrNO5S/c12-7-2-1-3-8(4-7)19(16,17)6-10-9(11(14)15)5-13-18-10/h1-5H,6H2,(H,14,15). The van der Waals surface area contributed by atoms with E-state index < -0.39 is 21.6 Å². The lowest BCUT2D eigenvalue weighted by Gasteiger charge is -2.03. The van der Waals surface area contributed by atoms with Crippen molar-refractivity contribution in [3.8, 4) is 0 Å². The number of hydrogen-bond acceptors (Lipinski definition) is 5. The highest BCUT2D eigenvalue weighted by molar-refractivity contribution is 9.10. The van der Waals surface area contributed by atoms with E-state index in [4.69, 9.17) is 9.63 Å². The minimum absolute atomic E-state index is 0.0783. The molecule has 0 unspecified atom stereocenters. The first-order valence-corrected chi connectivity index (χ1v) is 7.50. The number of carboxylic acid groups (broad SMARTS) is 1. The fourth-order valence-electron chi connectivity index (χ4n) is 1.46. The number of rotatable bonds is 4. The van der Waals surface area contributed by atoms with Crippen LogP contribution in [0, 0.1) is 0 Å². The average molecular weight is 346 g/mol. The highest BCUT2D eigenvalue weighted by atomic mass is 79.9. The number of hydrogen-bond donors (Lipinski definition) is 1. The summed E-state index contributed by atoms with van der Waals surface area (Å²) >= 11 is 3.18. The van der Waals surface area contributed by atoms with Gasteiger partial charge in [-0.25, -0.2) is 13.2 Å². The van der Waals surface area contributed by atoms with E-state index >= 15 is 0 Å². The number of aromatic nitrogens is 1. The molecular formula is C11H8BrNO5S. The van der Waals surface area contributed by atoms with Crippen LogP contribution in [0.25, 0.3) is 0 Å². The van der Waals surface area contributed by atoms with Crippen molar-refractivity contribution < 1.29 is 22.8 Å². The lowest BCUT2D eigenvalue weighted by atomic mass is 10.3. The summed E-state index contributed by atoms with van der Waals surface area (Å²) in [4.78, 5) is 10.9. The molecule has 0 atom stereocenters. The molecule has 0 aliphatic rings. The molecule has 0 fully saturated rings. The average Bonchev–Trinajstić information content (AvgIpc) is 2.76. The van der Waals surface area contributed by atoms with Crippen LogP contribution in [0.4, 0.5) is 0 Å². The van der Waals surface area contributed by atoms with E-state index in [9.17, 15) is 13.2 Å². The van der Waals surface area contributed by atoms with Crippen LogP contribution in [0.3, 0.4) is 0 Å². The molecule has 6 nitrogen and oxygen atoms in total. The molecule has 0 bridgehead atoms. The molecule has 1 aromatic heterocycles. The van der Waals surface area contributed by atoms with Crippen molar-refractivity contribution in [3.05, 3.63) is 46.3 Å². The van der Waals surface area contributed by atoms with Crippen LogP contribution < -0.4 is 0 Å². The van der Waals surface area contributed by atoms with Crippen molar-refractivity contribution in [3.63, 3.8) is 0 Å². The molecule has 8 heteroatoms. The maximum absolute atomic E-state index is 12.1. The van der Waals surface area contributed by atoms with Crippen LogP contribution >= 0.6 is 15.9 Å². The first-order chi connectivity index (χ1) is 8.90. The van der Waals surface area contributed by atoms with Gasteiger partial charge >= 0.3 is 5.97 Å². The Bertz CT molecular complexity index is 722. The third-order valence-corrected chi connectivity index (χ3v) is 4.46. The minimum Gasteiger partial charge on any atom is -0.478 e. The zero-order valence-corrected chi connectivity index (χ0v) is 11.8. The van der Waals surface area contributed by atoms with Gasteiger partial charge in [0.1, 0.15) is 11.3 Å². The lowest BCUT2D eigenvalue weighted by molar-refractivity contribution is 0.0695. The van der Waals surface area contributed by atoms with E-state index in [0.717, 1.165) is 6.20 Å². The maximum atomic E-state index is 12.1. The fraction of sp³-hybridized carbons (Fsp3) is 0.0909. The molecule has 0 saturated carbocycles. The Kier molecular flexibility index (Phi) is 3.72. The Morgan fingerprint density at radius 2 is 2.16 bits per heavy atom. The molecule has 0 saturated heterocycles. The summed E-state index contributed by atoms with van der Waals surface area (Å²) in [6.45, 7) is 0. The van der Waals surface area contributed by atoms with Crippen molar-refractivity contribution in [1.82, 2.24) is 5.16 Å². The number of sulfone groups is 1. The number of benzene rings is 1. The Labute approximate surface area is 117 Å². The van der Waals surface area contributed by atoms with Crippen molar-refractivity contribution in [2.45, 2.75) is 10.6 Å². The fourth-order valence-corrected chi connectivity index (χ4v) is 3.32. The SMILES string of the molecule is O=C(O)c1cnoc1CS(=O)(=O)c1cccc(Br)c1. The first-order valence-electron chi connectivity index (χ1n) is 5.05.